The number of hydrogen-bond donors (Lipinski definition) is 1. The zero-order chi connectivity index (χ0) is 23.6. The molecule has 3 rings (SSSR count). The maximum Gasteiger partial charge on any atom is 0.303 e. The summed E-state index contributed by atoms with van der Waals surface area (Å²) < 4.78 is 12.2. The minimum Gasteiger partial charge on any atom is -0.493 e. The lowest BCUT2D eigenvalue weighted by Crippen LogP contribution is -2.16. The Kier molecular flexibility index (Phi) is 9.25. The standard InChI is InChI=1S/C28H32O4S/c1-4-22-10-14-26(27(19-22)33-25-8-6-5-7-9-25)32-21(3)16-17-31-24-13-11-23(20(2)18-24)12-15-28(29)30/h5-11,13-14,18-19,21H,4,12,15-17H2,1-3H3,(H,29,30)/t21-/m1/s1. The van der Waals surface area contributed by atoms with Gasteiger partial charge in [0.25, 0.3) is 0 Å². The molecule has 3 aromatic carbocycles. The summed E-state index contributed by atoms with van der Waals surface area (Å²) >= 11 is 1.72. The van der Waals surface area contributed by atoms with Crippen LogP contribution in [0.25, 0.3) is 0 Å². The molecule has 33 heavy (non-hydrogen) atoms. The molecular weight excluding hydrogens is 432 g/mol. The Morgan fingerprint density at radius 1 is 1.06 bits per heavy atom. The van der Waals surface area contributed by atoms with Gasteiger partial charge in [-0.15, -0.1) is 0 Å². The largest absolute Gasteiger partial charge is 0.493 e. The zero-order valence-corrected chi connectivity index (χ0v) is 20.4. The zero-order valence-electron chi connectivity index (χ0n) is 19.5. The van der Waals surface area contributed by atoms with Crippen molar-refractivity contribution in [2.75, 3.05) is 6.61 Å². The molecule has 0 aliphatic carbocycles. The SMILES string of the molecule is CCc1ccc(O[C@H](C)CCOc2ccc(CCC(=O)O)c(C)c2)c(Sc2ccccc2)c1. The Morgan fingerprint density at radius 2 is 1.85 bits per heavy atom. The van der Waals surface area contributed by atoms with E-state index in [-0.39, 0.29) is 12.5 Å². The summed E-state index contributed by atoms with van der Waals surface area (Å²) in [6, 6.07) is 22.6. The van der Waals surface area contributed by atoms with Gasteiger partial charge in [-0.2, -0.15) is 0 Å². The van der Waals surface area contributed by atoms with Crippen LogP contribution in [0, 0.1) is 6.92 Å². The van der Waals surface area contributed by atoms with Gasteiger partial charge in [0, 0.05) is 17.7 Å². The van der Waals surface area contributed by atoms with Crippen LogP contribution in [0.5, 0.6) is 11.5 Å². The average Bonchev–Trinajstić information content (AvgIpc) is 2.80. The molecule has 0 aliphatic rings. The number of ether oxygens (including phenoxy) is 2. The highest BCUT2D eigenvalue weighted by molar-refractivity contribution is 7.99. The Hall–Kier alpha value is -2.92. The van der Waals surface area contributed by atoms with Crippen LogP contribution >= 0.6 is 11.8 Å². The van der Waals surface area contributed by atoms with Gasteiger partial charge in [0.05, 0.1) is 17.6 Å². The molecule has 0 radical (unpaired) electrons. The third kappa shape index (κ3) is 7.86. The van der Waals surface area contributed by atoms with Crippen molar-refractivity contribution >= 4 is 17.7 Å². The van der Waals surface area contributed by atoms with E-state index in [2.05, 4.69) is 44.2 Å². The third-order valence-corrected chi connectivity index (χ3v) is 6.48. The van der Waals surface area contributed by atoms with Crippen molar-refractivity contribution in [2.24, 2.45) is 0 Å². The monoisotopic (exact) mass is 464 g/mol. The second kappa shape index (κ2) is 12.4. The topological polar surface area (TPSA) is 55.8 Å². The van der Waals surface area contributed by atoms with Crippen molar-refractivity contribution in [3.05, 3.63) is 83.4 Å². The molecule has 0 fully saturated rings. The number of hydrogen-bond acceptors (Lipinski definition) is 4. The summed E-state index contributed by atoms with van der Waals surface area (Å²) in [5.41, 5.74) is 3.39. The number of aryl methyl sites for hydroxylation is 3. The molecule has 174 valence electrons. The molecule has 0 bridgehead atoms. The highest BCUT2D eigenvalue weighted by Gasteiger charge is 2.12. The van der Waals surface area contributed by atoms with Crippen LogP contribution in [0.4, 0.5) is 0 Å². The van der Waals surface area contributed by atoms with Crippen LogP contribution in [0.3, 0.4) is 0 Å². The Labute approximate surface area is 201 Å². The summed E-state index contributed by atoms with van der Waals surface area (Å²) in [7, 11) is 0. The Balaban J connectivity index is 1.56. The van der Waals surface area contributed by atoms with E-state index >= 15 is 0 Å². The fourth-order valence-electron chi connectivity index (χ4n) is 3.46. The normalized spacial score (nSPS) is 11.7. The highest BCUT2D eigenvalue weighted by atomic mass is 32.2. The number of carbonyl (C=O) groups is 1. The highest BCUT2D eigenvalue weighted by Crippen LogP contribution is 2.36. The molecule has 0 saturated heterocycles. The van der Waals surface area contributed by atoms with E-state index in [4.69, 9.17) is 14.6 Å². The first-order valence-corrected chi connectivity index (χ1v) is 12.2. The van der Waals surface area contributed by atoms with Crippen LogP contribution in [0.15, 0.2) is 76.5 Å². The van der Waals surface area contributed by atoms with Gasteiger partial charge in [0.15, 0.2) is 0 Å². The smallest absolute Gasteiger partial charge is 0.303 e. The van der Waals surface area contributed by atoms with Crippen LogP contribution < -0.4 is 9.47 Å². The minimum absolute atomic E-state index is 0.00327. The van der Waals surface area contributed by atoms with E-state index in [1.807, 2.05) is 43.3 Å². The van der Waals surface area contributed by atoms with Gasteiger partial charge < -0.3 is 14.6 Å². The average molecular weight is 465 g/mol. The predicted octanol–water partition coefficient (Wildman–Crippen LogP) is 6.96. The first kappa shape index (κ1) is 24.7. The van der Waals surface area contributed by atoms with Crippen molar-refractivity contribution < 1.29 is 19.4 Å². The first-order chi connectivity index (χ1) is 15.9. The van der Waals surface area contributed by atoms with E-state index in [0.717, 1.165) is 40.4 Å². The number of benzene rings is 3. The quantitative estimate of drug-likeness (QED) is 0.314. The molecule has 1 atom stereocenters. The van der Waals surface area contributed by atoms with Crippen LogP contribution in [0.1, 0.15) is 43.4 Å². The summed E-state index contributed by atoms with van der Waals surface area (Å²) in [4.78, 5) is 13.1. The molecular formula is C28H32O4S. The number of carboxylic acid groups (broad SMARTS) is 1. The van der Waals surface area contributed by atoms with Crippen LogP contribution in [-0.4, -0.2) is 23.8 Å². The second-order valence-electron chi connectivity index (χ2n) is 8.10. The lowest BCUT2D eigenvalue weighted by atomic mass is 10.0. The van der Waals surface area contributed by atoms with E-state index in [0.29, 0.717) is 13.0 Å². The molecule has 1 N–H and O–H groups in total. The molecule has 0 aromatic heterocycles. The third-order valence-electron chi connectivity index (χ3n) is 5.43. The van der Waals surface area contributed by atoms with E-state index in [9.17, 15) is 4.79 Å². The van der Waals surface area contributed by atoms with Gasteiger partial charge in [-0.05, 0) is 79.8 Å². The lowest BCUT2D eigenvalue weighted by Gasteiger charge is -2.18. The van der Waals surface area contributed by atoms with Crippen molar-refractivity contribution in [2.45, 2.75) is 62.3 Å². The van der Waals surface area contributed by atoms with Crippen molar-refractivity contribution in [1.29, 1.82) is 0 Å². The molecule has 3 aromatic rings. The maximum absolute atomic E-state index is 10.8. The minimum atomic E-state index is -0.779. The molecule has 0 spiro atoms. The molecule has 0 amide bonds. The Bertz CT molecular complexity index is 1050. The van der Waals surface area contributed by atoms with Crippen molar-refractivity contribution in [3.63, 3.8) is 0 Å². The van der Waals surface area contributed by atoms with Crippen molar-refractivity contribution in [1.82, 2.24) is 0 Å². The van der Waals surface area contributed by atoms with E-state index in [1.165, 1.54) is 10.5 Å². The van der Waals surface area contributed by atoms with Gasteiger partial charge in [-0.1, -0.05) is 49.0 Å². The first-order valence-electron chi connectivity index (χ1n) is 11.4. The number of carboxylic acids is 1. The fourth-order valence-corrected chi connectivity index (χ4v) is 4.44. The number of aliphatic carboxylic acids is 1. The van der Waals surface area contributed by atoms with Gasteiger partial charge in [-0.25, -0.2) is 0 Å². The summed E-state index contributed by atoms with van der Waals surface area (Å²) in [6.07, 6.45) is 2.42. The summed E-state index contributed by atoms with van der Waals surface area (Å²) in [6.45, 7) is 6.76. The van der Waals surface area contributed by atoms with Crippen LogP contribution in [0.2, 0.25) is 0 Å². The van der Waals surface area contributed by atoms with Gasteiger partial charge >= 0.3 is 5.97 Å². The molecule has 5 heteroatoms. The molecule has 4 nitrogen and oxygen atoms in total. The van der Waals surface area contributed by atoms with Gasteiger partial charge in [-0.3, -0.25) is 4.79 Å². The fraction of sp³-hybridized carbons (Fsp3) is 0.321. The number of rotatable bonds is 12. The second-order valence-corrected chi connectivity index (χ2v) is 9.21. The predicted molar refractivity (Wildman–Crippen MR) is 134 cm³/mol. The van der Waals surface area contributed by atoms with Gasteiger partial charge in [0.1, 0.15) is 11.5 Å². The van der Waals surface area contributed by atoms with E-state index < -0.39 is 5.97 Å². The molecule has 0 heterocycles. The van der Waals surface area contributed by atoms with Crippen molar-refractivity contribution in [3.8, 4) is 11.5 Å². The molecule has 0 aliphatic heterocycles. The van der Waals surface area contributed by atoms with Gasteiger partial charge in [0.2, 0.25) is 0 Å². The lowest BCUT2D eigenvalue weighted by molar-refractivity contribution is -0.136. The maximum atomic E-state index is 10.8. The Morgan fingerprint density at radius 3 is 2.55 bits per heavy atom. The van der Waals surface area contributed by atoms with E-state index in [1.54, 1.807) is 11.8 Å². The summed E-state index contributed by atoms with van der Waals surface area (Å²) in [5.74, 6) is 0.914. The molecule has 0 saturated carbocycles. The van der Waals surface area contributed by atoms with Crippen LogP contribution in [-0.2, 0) is 17.6 Å². The summed E-state index contributed by atoms with van der Waals surface area (Å²) in [5, 5.41) is 8.87. The molecule has 0 unspecified atom stereocenters.